The second-order valence-electron chi connectivity index (χ2n) is 7.49. The number of amides is 1. The molecule has 1 N–H and O–H groups in total. The van der Waals surface area contributed by atoms with Gasteiger partial charge in [-0.3, -0.25) is 9.69 Å². The summed E-state index contributed by atoms with van der Waals surface area (Å²) in [6, 6.07) is 14.5. The Morgan fingerprint density at radius 2 is 1.70 bits per heavy atom. The SMILES string of the molecule is Cc1ccc(OCC(=O)NCc2ccc(CN3CCCCC3)cc2)c(C)c1. The fourth-order valence-corrected chi connectivity index (χ4v) is 3.49. The minimum absolute atomic E-state index is 0.0386. The molecule has 2 aromatic rings. The van der Waals surface area contributed by atoms with E-state index in [0.29, 0.717) is 6.54 Å². The van der Waals surface area contributed by atoms with Crippen molar-refractivity contribution in [3.8, 4) is 5.75 Å². The van der Waals surface area contributed by atoms with E-state index < -0.39 is 0 Å². The number of carbonyl (C=O) groups is 1. The van der Waals surface area contributed by atoms with Crippen molar-refractivity contribution in [2.45, 2.75) is 46.2 Å². The first kappa shape index (κ1) is 19.4. The second kappa shape index (κ2) is 9.56. The molecule has 0 unspecified atom stereocenters. The first-order valence-electron chi connectivity index (χ1n) is 9.87. The van der Waals surface area contributed by atoms with Gasteiger partial charge in [0.25, 0.3) is 5.91 Å². The van der Waals surface area contributed by atoms with Crippen LogP contribution in [-0.4, -0.2) is 30.5 Å². The number of nitrogens with zero attached hydrogens (tertiary/aromatic N) is 1. The molecule has 0 saturated carbocycles. The van der Waals surface area contributed by atoms with Crippen LogP contribution >= 0.6 is 0 Å². The molecule has 4 nitrogen and oxygen atoms in total. The Labute approximate surface area is 162 Å². The van der Waals surface area contributed by atoms with Crippen LogP contribution in [0.5, 0.6) is 5.75 Å². The fourth-order valence-electron chi connectivity index (χ4n) is 3.49. The van der Waals surface area contributed by atoms with Crippen LogP contribution in [0.2, 0.25) is 0 Å². The van der Waals surface area contributed by atoms with Gasteiger partial charge in [-0.05, 0) is 62.5 Å². The highest BCUT2D eigenvalue weighted by Crippen LogP contribution is 2.18. The normalized spacial score (nSPS) is 14.7. The number of piperidine rings is 1. The third-order valence-corrected chi connectivity index (χ3v) is 5.06. The van der Waals surface area contributed by atoms with Gasteiger partial charge in [0.1, 0.15) is 5.75 Å². The van der Waals surface area contributed by atoms with Crippen molar-refractivity contribution in [1.29, 1.82) is 0 Å². The summed E-state index contributed by atoms with van der Waals surface area (Å²) in [5.74, 6) is 0.658. The zero-order valence-electron chi connectivity index (χ0n) is 16.5. The van der Waals surface area contributed by atoms with Gasteiger partial charge in [-0.1, -0.05) is 48.4 Å². The van der Waals surface area contributed by atoms with E-state index in [-0.39, 0.29) is 12.5 Å². The van der Waals surface area contributed by atoms with E-state index in [0.717, 1.165) is 23.4 Å². The van der Waals surface area contributed by atoms with Crippen LogP contribution < -0.4 is 10.1 Å². The number of likely N-dealkylation sites (tertiary alicyclic amines) is 1. The van der Waals surface area contributed by atoms with Gasteiger partial charge in [0, 0.05) is 13.1 Å². The molecule has 1 aliphatic heterocycles. The van der Waals surface area contributed by atoms with Crippen molar-refractivity contribution in [3.63, 3.8) is 0 Å². The summed E-state index contributed by atoms with van der Waals surface area (Å²) in [4.78, 5) is 14.6. The molecule has 144 valence electrons. The topological polar surface area (TPSA) is 41.6 Å². The van der Waals surface area contributed by atoms with Crippen molar-refractivity contribution < 1.29 is 9.53 Å². The summed E-state index contributed by atoms with van der Waals surface area (Å²) in [5.41, 5.74) is 4.68. The predicted octanol–water partition coefficient (Wildman–Crippen LogP) is 3.98. The Balaban J connectivity index is 1.41. The van der Waals surface area contributed by atoms with Crippen LogP contribution in [-0.2, 0) is 17.9 Å². The Hall–Kier alpha value is -2.33. The summed E-state index contributed by atoms with van der Waals surface area (Å²) in [5, 5.41) is 2.93. The summed E-state index contributed by atoms with van der Waals surface area (Å²) < 4.78 is 5.63. The summed E-state index contributed by atoms with van der Waals surface area (Å²) in [6.45, 7) is 8.04. The molecule has 0 aromatic heterocycles. The molecule has 0 spiro atoms. The smallest absolute Gasteiger partial charge is 0.258 e. The zero-order valence-corrected chi connectivity index (χ0v) is 16.5. The molecule has 0 atom stereocenters. The van der Waals surface area contributed by atoms with E-state index >= 15 is 0 Å². The van der Waals surface area contributed by atoms with Gasteiger partial charge >= 0.3 is 0 Å². The molecule has 27 heavy (non-hydrogen) atoms. The number of rotatable bonds is 7. The number of carbonyl (C=O) groups excluding carboxylic acids is 1. The number of benzene rings is 2. The molecule has 1 saturated heterocycles. The third-order valence-electron chi connectivity index (χ3n) is 5.06. The first-order chi connectivity index (χ1) is 13.1. The summed E-state index contributed by atoms with van der Waals surface area (Å²) >= 11 is 0. The van der Waals surface area contributed by atoms with Crippen LogP contribution in [0.3, 0.4) is 0 Å². The standard InChI is InChI=1S/C23H30N2O2/c1-18-6-11-22(19(2)14-18)27-17-23(26)24-15-20-7-9-21(10-8-20)16-25-12-4-3-5-13-25/h6-11,14H,3-5,12-13,15-17H2,1-2H3,(H,24,26). The number of aryl methyl sites for hydroxylation is 2. The molecule has 1 heterocycles. The van der Waals surface area contributed by atoms with Gasteiger partial charge in [-0.25, -0.2) is 0 Å². The number of ether oxygens (including phenoxy) is 1. The van der Waals surface area contributed by atoms with E-state index in [4.69, 9.17) is 4.74 Å². The summed E-state index contributed by atoms with van der Waals surface area (Å²) in [7, 11) is 0. The number of hydrogen-bond donors (Lipinski definition) is 1. The maximum atomic E-state index is 12.1. The summed E-state index contributed by atoms with van der Waals surface area (Å²) in [6.07, 6.45) is 3.99. The Kier molecular flexibility index (Phi) is 6.88. The minimum Gasteiger partial charge on any atom is -0.484 e. The molecule has 1 amide bonds. The van der Waals surface area contributed by atoms with E-state index in [1.165, 1.54) is 43.5 Å². The van der Waals surface area contributed by atoms with Crippen molar-refractivity contribution >= 4 is 5.91 Å². The lowest BCUT2D eigenvalue weighted by molar-refractivity contribution is -0.123. The molecule has 3 rings (SSSR count). The molecule has 2 aromatic carbocycles. The van der Waals surface area contributed by atoms with Gasteiger partial charge in [-0.15, -0.1) is 0 Å². The largest absolute Gasteiger partial charge is 0.484 e. The molecule has 0 radical (unpaired) electrons. The lowest BCUT2D eigenvalue weighted by atomic mass is 10.1. The number of hydrogen-bond acceptors (Lipinski definition) is 3. The zero-order chi connectivity index (χ0) is 19.1. The predicted molar refractivity (Wildman–Crippen MR) is 109 cm³/mol. The first-order valence-corrected chi connectivity index (χ1v) is 9.87. The Morgan fingerprint density at radius 3 is 2.41 bits per heavy atom. The average molecular weight is 367 g/mol. The van der Waals surface area contributed by atoms with Crippen molar-refractivity contribution in [2.75, 3.05) is 19.7 Å². The van der Waals surface area contributed by atoms with E-state index in [1.54, 1.807) is 0 Å². The molecule has 0 aliphatic carbocycles. The van der Waals surface area contributed by atoms with Crippen molar-refractivity contribution in [3.05, 3.63) is 64.7 Å². The minimum atomic E-state index is -0.104. The van der Waals surface area contributed by atoms with Gasteiger partial charge < -0.3 is 10.1 Å². The molecule has 4 heteroatoms. The van der Waals surface area contributed by atoms with Crippen LogP contribution in [0.25, 0.3) is 0 Å². The van der Waals surface area contributed by atoms with Crippen LogP contribution in [0, 0.1) is 13.8 Å². The van der Waals surface area contributed by atoms with E-state index in [2.05, 4.69) is 40.5 Å². The monoisotopic (exact) mass is 366 g/mol. The van der Waals surface area contributed by atoms with E-state index in [9.17, 15) is 4.79 Å². The molecular weight excluding hydrogens is 336 g/mol. The Bertz CT molecular complexity index is 749. The van der Waals surface area contributed by atoms with Crippen LogP contribution in [0.4, 0.5) is 0 Å². The molecule has 1 fully saturated rings. The average Bonchev–Trinajstić information content (AvgIpc) is 2.67. The Morgan fingerprint density at radius 1 is 1.00 bits per heavy atom. The third kappa shape index (κ3) is 6.10. The van der Waals surface area contributed by atoms with Crippen molar-refractivity contribution in [2.24, 2.45) is 0 Å². The number of nitrogens with one attached hydrogen (secondary N) is 1. The van der Waals surface area contributed by atoms with Crippen molar-refractivity contribution in [1.82, 2.24) is 10.2 Å². The highest BCUT2D eigenvalue weighted by atomic mass is 16.5. The lowest BCUT2D eigenvalue weighted by Gasteiger charge is -2.26. The fraction of sp³-hybridized carbons (Fsp3) is 0.435. The van der Waals surface area contributed by atoms with Gasteiger partial charge in [0.15, 0.2) is 6.61 Å². The van der Waals surface area contributed by atoms with Crippen LogP contribution in [0.1, 0.15) is 41.5 Å². The quantitative estimate of drug-likeness (QED) is 0.806. The van der Waals surface area contributed by atoms with Crippen LogP contribution in [0.15, 0.2) is 42.5 Å². The maximum absolute atomic E-state index is 12.1. The van der Waals surface area contributed by atoms with Gasteiger partial charge in [0.05, 0.1) is 0 Å². The molecular formula is C23H30N2O2. The molecule has 0 bridgehead atoms. The van der Waals surface area contributed by atoms with Gasteiger partial charge in [0.2, 0.25) is 0 Å². The van der Waals surface area contributed by atoms with Gasteiger partial charge in [-0.2, -0.15) is 0 Å². The molecule has 1 aliphatic rings. The second-order valence-corrected chi connectivity index (χ2v) is 7.49. The maximum Gasteiger partial charge on any atom is 0.258 e. The highest BCUT2D eigenvalue weighted by molar-refractivity contribution is 5.77. The van der Waals surface area contributed by atoms with E-state index in [1.807, 2.05) is 26.0 Å². The lowest BCUT2D eigenvalue weighted by Crippen LogP contribution is -2.29. The highest BCUT2D eigenvalue weighted by Gasteiger charge is 2.10.